The van der Waals surface area contributed by atoms with Gasteiger partial charge in [-0.2, -0.15) is 0 Å². The molecular weight excluding hydrogens is 275 g/mol. The van der Waals surface area contributed by atoms with Crippen molar-refractivity contribution in [3.8, 4) is 0 Å². The molecule has 0 radical (unpaired) electrons. The van der Waals surface area contributed by atoms with E-state index in [-0.39, 0.29) is 18.3 Å². The first-order valence-electron chi connectivity index (χ1n) is 7.00. The van der Waals surface area contributed by atoms with Crippen molar-refractivity contribution in [2.45, 2.75) is 25.9 Å². The Labute approximate surface area is 123 Å². The van der Waals surface area contributed by atoms with E-state index in [4.69, 9.17) is 5.11 Å². The van der Waals surface area contributed by atoms with Gasteiger partial charge in [-0.1, -0.05) is 19.1 Å². The molecule has 1 heterocycles. The summed E-state index contributed by atoms with van der Waals surface area (Å²) in [6.45, 7) is 3.22. The van der Waals surface area contributed by atoms with E-state index in [0.29, 0.717) is 26.1 Å². The summed E-state index contributed by atoms with van der Waals surface area (Å²) in [5.74, 6) is -1.34. The van der Waals surface area contributed by atoms with Crippen LogP contribution in [0.2, 0.25) is 0 Å². The molecule has 1 aromatic carbocycles. The van der Waals surface area contributed by atoms with Gasteiger partial charge < -0.3 is 10.0 Å². The summed E-state index contributed by atoms with van der Waals surface area (Å²) in [5.41, 5.74) is 0.738. The molecule has 0 aliphatic carbocycles. The van der Waals surface area contributed by atoms with E-state index in [1.807, 2.05) is 0 Å². The van der Waals surface area contributed by atoms with Crippen molar-refractivity contribution in [3.63, 3.8) is 0 Å². The second-order valence-corrected chi connectivity index (χ2v) is 5.18. The van der Waals surface area contributed by atoms with Gasteiger partial charge in [-0.05, 0) is 24.1 Å². The lowest BCUT2D eigenvalue weighted by Gasteiger charge is -2.37. The molecule has 1 aliphatic heterocycles. The number of piperazine rings is 1. The highest BCUT2D eigenvalue weighted by atomic mass is 19.1. The molecule has 114 valence electrons. The summed E-state index contributed by atoms with van der Waals surface area (Å²) in [4.78, 5) is 26.6. The molecule has 1 saturated heterocycles. The molecular formula is C15H19FN2O3. The van der Waals surface area contributed by atoms with E-state index in [9.17, 15) is 14.0 Å². The average molecular weight is 294 g/mol. The number of benzene rings is 1. The number of halogens is 1. The van der Waals surface area contributed by atoms with Crippen molar-refractivity contribution >= 4 is 11.9 Å². The molecule has 6 heteroatoms. The monoisotopic (exact) mass is 294 g/mol. The quantitative estimate of drug-likeness (QED) is 0.890. The number of rotatable bonds is 5. The van der Waals surface area contributed by atoms with E-state index >= 15 is 0 Å². The Hall–Kier alpha value is -1.95. The van der Waals surface area contributed by atoms with Gasteiger partial charge in [0.25, 0.3) is 0 Å². The van der Waals surface area contributed by atoms with Gasteiger partial charge in [0.1, 0.15) is 11.9 Å². The molecule has 1 aromatic rings. The maximum atomic E-state index is 13.1. The summed E-state index contributed by atoms with van der Waals surface area (Å²) in [6, 6.07) is 5.54. The summed E-state index contributed by atoms with van der Waals surface area (Å²) in [6.07, 6.45) is 0.465. The number of carbonyl (C=O) groups is 2. The van der Waals surface area contributed by atoms with Crippen LogP contribution in [0.25, 0.3) is 0 Å². The zero-order chi connectivity index (χ0) is 15.4. The Morgan fingerprint density at radius 1 is 1.43 bits per heavy atom. The van der Waals surface area contributed by atoms with Crippen LogP contribution in [-0.2, 0) is 16.1 Å². The summed E-state index contributed by atoms with van der Waals surface area (Å²) >= 11 is 0. The molecule has 0 saturated carbocycles. The molecule has 1 amide bonds. The van der Waals surface area contributed by atoms with E-state index in [2.05, 4.69) is 0 Å². The molecule has 1 unspecified atom stereocenters. The van der Waals surface area contributed by atoms with E-state index in [1.54, 1.807) is 28.9 Å². The summed E-state index contributed by atoms with van der Waals surface area (Å²) < 4.78 is 13.1. The van der Waals surface area contributed by atoms with Crippen LogP contribution in [0.1, 0.15) is 18.9 Å². The predicted octanol–water partition coefficient (Wildman–Crippen LogP) is 1.33. The zero-order valence-corrected chi connectivity index (χ0v) is 12.0. The van der Waals surface area contributed by atoms with Crippen molar-refractivity contribution < 1.29 is 19.1 Å². The average Bonchev–Trinajstić information content (AvgIpc) is 2.42. The number of hydrogen-bond donors (Lipinski definition) is 1. The van der Waals surface area contributed by atoms with Gasteiger partial charge in [-0.25, -0.2) is 4.39 Å². The number of carboxylic acids is 1. The molecule has 21 heavy (non-hydrogen) atoms. The lowest BCUT2D eigenvalue weighted by Crippen LogP contribution is -2.54. The maximum absolute atomic E-state index is 13.1. The van der Waals surface area contributed by atoms with Gasteiger partial charge in [-0.15, -0.1) is 0 Å². The molecule has 2 rings (SSSR count). The Kier molecular flexibility index (Phi) is 4.90. The lowest BCUT2D eigenvalue weighted by molar-refractivity contribution is -0.147. The van der Waals surface area contributed by atoms with Crippen LogP contribution in [0.4, 0.5) is 4.39 Å². The Morgan fingerprint density at radius 3 is 2.76 bits per heavy atom. The second kappa shape index (κ2) is 6.67. The number of nitrogens with zero attached hydrogens (tertiary/aromatic N) is 2. The highest BCUT2D eigenvalue weighted by Crippen LogP contribution is 2.14. The molecule has 1 aliphatic rings. The van der Waals surface area contributed by atoms with Crippen molar-refractivity contribution in [2.24, 2.45) is 0 Å². The number of carboxylic acid groups (broad SMARTS) is 1. The van der Waals surface area contributed by atoms with Crippen LogP contribution >= 0.6 is 0 Å². The highest BCUT2D eigenvalue weighted by molar-refractivity contribution is 5.81. The third kappa shape index (κ3) is 3.78. The van der Waals surface area contributed by atoms with Crippen molar-refractivity contribution in [2.75, 3.05) is 19.6 Å². The van der Waals surface area contributed by atoms with Crippen LogP contribution in [-0.4, -0.2) is 52.5 Å². The first-order chi connectivity index (χ1) is 10.0. The van der Waals surface area contributed by atoms with E-state index < -0.39 is 12.0 Å². The molecule has 1 atom stereocenters. The largest absolute Gasteiger partial charge is 0.480 e. The van der Waals surface area contributed by atoms with Crippen LogP contribution in [0.5, 0.6) is 0 Å². The number of amides is 1. The van der Waals surface area contributed by atoms with Gasteiger partial charge >= 0.3 is 5.97 Å². The second-order valence-electron chi connectivity index (χ2n) is 5.18. The summed E-state index contributed by atoms with van der Waals surface area (Å²) in [7, 11) is 0. The van der Waals surface area contributed by atoms with Crippen LogP contribution < -0.4 is 0 Å². The number of hydrogen-bond acceptors (Lipinski definition) is 3. The minimum absolute atomic E-state index is 0.0973. The topological polar surface area (TPSA) is 60.9 Å². The minimum atomic E-state index is -0.899. The third-order valence-corrected chi connectivity index (χ3v) is 3.72. The smallest absolute Gasteiger partial charge is 0.320 e. The van der Waals surface area contributed by atoms with E-state index in [0.717, 1.165) is 5.56 Å². The van der Waals surface area contributed by atoms with Crippen LogP contribution in [0.15, 0.2) is 24.3 Å². The van der Waals surface area contributed by atoms with Gasteiger partial charge in [0.05, 0.1) is 6.54 Å². The molecule has 0 aromatic heterocycles. The fourth-order valence-corrected chi connectivity index (χ4v) is 2.60. The number of aliphatic carboxylic acids is 1. The molecule has 0 bridgehead atoms. The third-order valence-electron chi connectivity index (χ3n) is 3.72. The predicted molar refractivity (Wildman–Crippen MR) is 75.1 cm³/mol. The molecule has 1 fully saturated rings. The van der Waals surface area contributed by atoms with Crippen molar-refractivity contribution in [1.82, 2.24) is 9.80 Å². The SMILES string of the molecule is CCC(C(=O)O)N1CCN(Cc2cccc(F)c2)C(=O)C1. The van der Waals surface area contributed by atoms with Crippen LogP contribution in [0.3, 0.4) is 0 Å². The van der Waals surface area contributed by atoms with Gasteiger partial charge in [0, 0.05) is 19.6 Å². The van der Waals surface area contributed by atoms with Crippen LogP contribution in [0, 0.1) is 5.82 Å². The first-order valence-corrected chi connectivity index (χ1v) is 7.00. The van der Waals surface area contributed by atoms with Gasteiger partial charge in [0.2, 0.25) is 5.91 Å². The van der Waals surface area contributed by atoms with Gasteiger partial charge in [-0.3, -0.25) is 14.5 Å². The molecule has 0 spiro atoms. The fraction of sp³-hybridized carbons (Fsp3) is 0.467. The fourth-order valence-electron chi connectivity index (χ4n) is 2.60. The minimum Gasteiger partial charge on any atom is -0.480 e. The Balaban J connectivity index is 1.98. The normalized spacial score (nSPS) is 17.8. The summed E-state index contributed by atoms with van der Waals surface area (Å²) in [5, 5.41) is 9.14. The standard InChI is InChI=1S/C15H19FN2O3/c1-2-13(15(20)21)17-6-7-18(14(19)10-17)9-11-4-3-5-12(16)8-11/h3-5,8,13H,2,6-7,9-10H2,1H3,(H,20,21). The lowest BCUT2D eigenvalue weighted by atomic mass is 10.1. The zero-order valence-electron chi connectivity index (χ0n) is 12.0. The Morgan fingerprint density at radius 2 is 2.19 bits per heavy atom. The maximum Gasteiger partial charge on any atom is 0.320 e. The van der Waals surface area contributed by atoms with E-state index in [1.165, 1.54) is 12.1 Å². The Bertz CT molecular complexity index is 535. The molecule has 1 N–H and O–H groups in total. The van der Waals surface area contributed by atoms with Crippen molar-refractivity contribution in [1.29, 1.82) is 0 Å². The number of carbonyl (C=O) groups excluding carboxylic acids is 1. The van der Waals surface area contributed by atoms with Crippen molar-refractivity contribution in [3.05, 3.63) is 35.6 Å². The first kappa shape index (κ1) is 15.4. The molecule has 5 nitrogen and oxygen atoms in total. The van der Waals surface area contributed by atoms with Gasteiger partial charge in [0.15, 0.2) is 0 Å². The highest BCUT2D eigenvalue weighted by Gasteiger charge is 2.31.